The smallest absolute Gasteiger partial charge is 0.126 e. The molecule has 1 aromatic rings. The number of nitrogens with two attached hydrogens (primary N) is 1. The lowest BCUT2D eigenvalue weighted by Gasteiger charge is -2.32. The van der Waals surface area contributed by atoms with E-state index in [4.69, 9.17) is 17.3 Å². The number of nitrogens with zero attached hydrogens (tertiary/aromatic N) is 1. The molecule has 2 N–H and O–H groups in total. The molecule has 2 rings (SSSR count). The molecule has 1 aliphatic rings. The Bertz CT molecular complexity index is 378. The van der Waals surface area contributed by atoms with Crippen molar-refractivity contribution in [2.24, 2.45) is 11.8 Å². The van der Waals surface area contributed by atoms with Crippen LogP contribution in [0.15, 0.2) is 12.3 Å². The van der Waals surface area contributed by atoms with Crippen molar-refractivity contribution >= 4 is 17.4 Å². The summed E-state index contributed by atoms with van der Waals surface area (Å²) in [6.07, 6.45) is 5.30. The van der Waals surface area contributed by atoms with Gasteiger partial charge in [0.25, 0.3) is 0 Å². The highest BCUT2D eigenvalue weighted by atomic mass is 35.5. The number of hydrogen-bond donors (Lipinski definition) is 1. The molecule has 1 heterocycles. The van der Waals surface area contributed by atoms with Crippen LogP contribution in [0, 0.1) is 11.8 Å². The van der Waals surface area contributed by atoms with Crippen LogP contribution >= 0.6 is 11.6 Å². The number of pyridine rings is 1. The Morgan fingerprint density at radius 1 is 1.31 bits per heavy atom. The summed E-state index contributed by atoms with van der Waals surface area (Å²) in [5, 5.41) is 0.690. The molecule has 0 spiro atoms. The van der Waals surface area contributed by atoms with Crippen LogP contribution in [0.2, 0.25) is 5.02 Å². The molecule has 1 fully saturated rings. The number of halogens is 1. The molecule has 88 valence electrons. The number of hydrogen-bond acceptors (Lipinski definition) is 2. The fourth-order valence-corrected chi connectivity index (χ4v) is 2.79. The van der Waals surface area contributed by atoms with Crippen LogP contribution in [0.1, 0.15) is 44.6 Å². The first-order chi connectivity index (χ1) is 7.58. The van der Waals surface area contributed by atoms with E-state index in [0.717, 1.165) is 17.4 Å². The fourth-order valence-electron chi connectivity index (χ4n) is 2.62. The maximum atomic E-state index is 5.98. The third-order valence-corrected chi connectivity index (χ3v) is 4.16. The summed E-state index contributed by atoms with van der Waals surface area (Å²) < 4.78 is 0. The maximum Gasteiger partial charge on any atom is 0.126 e. The van der Waals surface area contributed by atoms with Crippen LogP contribution in [-0.4, -0.2) is 4.98 Å². The first-order valence-electron chi connectivity index (χ1n) is 5.99. The van der Waals surface area contributed by atoms with Crippen molar-refractivity contribution in [3.05, 3.63) is 22.8 Å². The van der Waals surface area contributed by atoms with Crippen LogP contribution in [-0.2, 0) is 0 Å². The molecule has 0 aliphatic heterocycles. The van der Waals surface area contributed by atoms with Crippen LogP contribution in [0.3, 0.4) is 0 Å². The summed E-state index contributed by atoms with van der Waals surface area (Å²) in [6, 6.07) is 1.98. The zero-order valence-corrected chi connectivity index (χ0v) is 10.7. The van der Waals surface area contributed by atoms with Crippen LogP contribution in [0.25, 0.3) is 0 Å². The third kappa shape index (κ3) is 2.32. The van der Waals surface area contributed by atoms with Gasteiger partial charge in [-0.15, -0.1) is 0 Å². The molecular weight excluding hydrogens is 220 g/mol. The van der Waals surface area contributed by atoms with Gasteiger partial charge in [0.1, 0.15) is 5.82 Å². The summed E-state index contributed by atoms with van der Waals surface area (Å²) in [6.45, 7) is 4.66. The number of aromatic nitrogens is 1. The van der Waals surface area contributed by atoms with Crippen molar-refractivity contribution < 1.29 is 0 Å². The average molecular weight is 239 g/mol. The van der Waals surface area contributed by atoms with Gasteiger partial charge in [-0.2, -0.15) is 0 Å². The minimum Gasteiger partial charge on any atom is -0.383 e. The number of rotatable bonds is 1. The van der Waals surface area contributed by atoms with Gasteiger partial charge < -0.3 is 5.73 Å². The predicted molar refractivity (Wildman–Crippen MR) is 68.6 cm³/mol. The van der Waals surface area contributed by atoms with Gasteiger partial charge in [-0.25, -0.2) is 4.98 Å². The Labute approximate surface area is 102 Å². The third-order valence-electron chi connectivity index (χ3n) is 3.95. The van der Waals surface area contributed by atoms with Gasteiger partial charge in [0.05, 0.1) is 5.02 Å². The Morgan fingerprint density at radius 2 is 2.06 bits per heavy atom. The standard InChI is InChI=1S/C13H19ClN2/c1-8-3-4-10(5-9(8)2)12-6-11(14)7-16-13(12)15/h6-10H,3-5H2,1-2H3,(H2,15,16). The molecule has 1 saturated carbocycles. The van der Waals surface area contributed by atoms with E-state index >= 15 is 0 Å². The summed E-state index contributed by atoms with van der Waals surface area (Å²) in [7, 11) is 0. The Hall–Kier alpha value is -0.760. The summed E-state index contributed by atoms with van der Waals surface area (Å²) >= 11 is 5.98. The van der Waals surface area contributed by atoms with Gasteiger partial charge in [-0.3, -0.25) is 0 Å². The Balaban J connectivity index is 2.21. The first-order valence-corrected chi connectivity index (χ1v) is 6.36. The lowest BCUT2D eigenvalue weighted by molar-refractivity contribution is 0.250. The average Bonchev–Trinajstić information content (AvgIpc) is 2.26. The van der Waals surface area contributed by atoms with Gasteiger partial charge in [-0.1, -0.05) is 25.4 Å². The SMILES string of the molecule is CC1CCC(c2cc(Cl)cnc2N)CC1C. The molecule has 0 bridgehead atoms. The van der Waals surface area contributed by atoms with Crippen molar-refractivity contribution in [2.45, 2.75) is 39.0 Å². The maximum absolute atomic E-state index is 5.98. The molecule has 0 saturated heterocycles. The van der Waals surface area contributed by atoms with Crippen molar-refractivity contribution in [3.8, 4) is 0 Å². The van der Waals surface area contributed by atoms with E-state index in [0.29, 0.717) is 16.8 Å². The fraction of sp³-hybridized carbons (Fsp3) is 0.615. The molecule has 1 aromatic heterocycles. The summed E-state index contributed by atoms with van der Waals surface area (Å²) in [4.78, 5) is 4.14. The Kier molecular flexibility index (Phi) is 3.38. The zero-order chi connectivity index (χ0) is 11.7. The zero-order valence-electron chi connectivity index (χ0n) is 9.91. The van der Waals surface area contributed by atoms with E-state index in [9.17, 15) is 0 Å². The van der Waals surface area contributed by atoms with E-state index in [2.05, 4.69) is 18.8 Å². The topological polar surface area (TPSA) is 38.9 Å². The quantitative estimate of drug-likeness (QED) is 0.807. The van der Waals surface area contributed by atoms with Gasteiger partial charge in [0, 0.05) is 6.20 Å². The summed E-state index contributed by atoms with van der Waals surface area (Å²) in [5.41, 5.74) is 7.08. The highest BCUT2D eigenvalue weighted by Gasteiger charge is 2.27. The number of nitrogen functional groups attached to an aromatic ring is 1. The van der Waals surface area contributed by atoms with E-state index in [1.54, 1.807) is 6.20 Å². The van der Waals surface area contributed by atoms with E-state index in [1.165, 1.54) is 19.3 Å². The van der Waals surface area contributed by atoms with Gasteiger partial charge in [-0.05, 0) is 48.6 Å². The van der Waals surface area contributed by atoms with Crippen molar-refractivity contribution in [1.82, 2.24) is 4.98 Å². The molecule has 0 aromatic carbocycles. The Morgan fingerprint density at radius 3 is 2.75 bits per heavy atom. The van der Waals surface area contributed by atoms with E-state index < -0.39 is 0 Å². The monoisotopic (exact) mass is 238 g/mol. The van der Waals surface area contributed by atoms with Crippen molar-refractivity contribution in [3.63, 3.8) is 0 Å². The van der Waals surface area contributed by atoms with Crippen LogP contribution < -0.4 is 5.73 Å². The molecule has 0 radical (unpaired) electrons. The summed E-state index contributed by atoms with van der Waals surface area (Å²) in [5.74, 6) is 2.77. The molecule has 3 heteroatoms. The molecule has 3 atom stereocenters. The lowest BCUT2D eigenvalue weighted by atomic mass is 9.73. The number of anilines is 1. The molecule has 2 nitrogen and oxygen atoms in total. The highest BCUT2D eigenvalue weighted by molar-refractivity contribution is 6.30. The largest absolute Gasteiger partial charge is 0.383 e. The van der Waals surface area contributed by atoms with Gasteiger partial charge in [0.15, 0.2) is 0 Å². The van der Waals surface area contributed by atoms with Gasteiger partial charge >= 0.3 is 0 Å². The minimum atomic E-state index is 0.539. The predicted octanol–water partition coefficient (Wildman–Crippen LogP) is 3.86. The first kappa shape index (κ1) is 11.7. The van der Waals surface area contributed by atoms with E-state index in [1.807, 2.05) is 6.07 Å². The highest BCUT2D eigenvalue weighted by Crippen LogP contribution is 2.40. The molecule has 16 heavy (non-hydrogen) atoms. The van der Waals surface area contributed by atoms with Crippen LogP contribution in [0.4, 0.5) is 5.82 Å². The minimum absolute atomic E-state index is 0.539. The molecule has 0 amide bonds. The second-order valence-electron chi connectivity index (χ2n) is 5.09. The van der Waals surface area contributed by atoms with Crippen LogP contribution in [0.5, 0.6) is 0 Å². The molecular formula is C13H19ClN2. The lowest BCUT2D eigenvalue weighted by Crippen LogP contribution is -2.20. The van der Waals surface area contributed by atoms with Crippen molar-refractivity contribution in [1.29, 1.82) is 0 Å². The molecule has 3 unspecified atom stereocenters. The normalized spacial score (nSPS) is 30.3. The second kappa shape index (κ2) is 4.62. The second-order valence-corrected chi connectivity index (χ2v) is 5.53. The van der Waals surface area contributed by atoms with Crippen molar-refractivity contribution in [2.75, 3.05) is 5.73 Å². The van der Waals surface area contributed by atoms with E-state index in [-0.39, 0.29) is 0 Å². The van der Waals surface area contributed by atoms with Gasteiger partial charge in [0.2, 0.25) is 0 Å². The molecule has 1 aliphatic carbocycles.